The van der Waals surface area contributed by atoms with E-state index in [2.05, 4.69) is 24.4 Å². The predicted molar refractivity (Wildman–Crippen MR) is 60.5 cm³/mol. The summed E-state index contributed by atoms with van der Waals surface area (Å²) in [4.78, 5) is 11.8. The highest BCUT2D eigenvalue weighted by Crippen LogP contribution is 2.34. The Labute approximate surface area is 90.7 Å². The second kappa shape index (κ2) is 4.05. The second-order valence-corrected chi connectivity index (χ2v) is 4.30. The molecule has 1 unspecified atom stereocenters. The minimum absolute atomic E-state index is 0.151. The standard InChI is InChI=1S/C13H17NO/c1-2-13(8-9-14-12(13)15)10-11-6-4-3-5-7-11/h3-7H,2,8-10H2,1H3,(H,14,15). The van der Waals surface area contributed by atoms with Crippen molar-refractivity contribution in [2.75, 3.05) is 6.54 Å². The van der Waals surface area contributed by atoms with E-state index >= 15 is 0 Å². The molecular weight excluding hydrogens is 186 g/mol. The zero-order chi connectivity index (χ0) is 10.7. The Bertz CT molecular complexity index is 347. The van der Waals surface area contributed by atoms with E-state index in [1.165, 1.54) is 5.56 Å². The Morgan fingerprint density at radius 2 is 2.07 bits per heavy atom. The molecular formula is C13H17NO. The Hall–Kier alpha value is -1.31. The van der Waals surface area contributed by atoms with Gasteiger partial charge in [0, 0.05) is 6.54 Å². The Kier molecular flexibility index (Phi) is 2.76. The Balaban J connectivity index is 2.19. The normalized spacial score (nSPS) is 25.3. The topological polar surface area (TPSA) is 29.1 Å². The van der Waals surface area contributed by atoms with Gasteiger partial charge in [0.15, 0.2) is 0 Å². The average molecular weight is 203 g/mol. The van der Waals surface area contributed by atoms with Crippen molar-refractivity contribution < 1.29 is 4.79 Å². The maximum Gasteiger partial charge on any atom is 0.226 e. The summed E-state index contributed by atoms with van der Waals surface area (Å²) in [5.74, 6) is 0.230. The van der Waals surface area contributed by atoms with E-state index in [-0.39, 0.29) is 11.3 Å². The van der Waals surface area contributed by atoms with Gasteiger partial charge in [0.1, 0.15) is 0 Å². The summed E-state index contributed by atoms with van der Waals surface area (Å²) in [6, 6.07) is 10.3. The molecule has 0 bridgehead atoms. The third-order valence-electron chi connectivity index (χ3n) is 3.43. The van der Waals surface area contributed by atoms with Crippen molar-refractivity contribution in [3.63, 3.8) is 0 Å². The number of rotatable bonds is 3. The molecule has 1 saturated heterocycles. The number of hydrogen-bond acceptors (Lipinski definition) is 1. The molecule has 0 radical (unpaired) electrons. The first-order valence-corrected chi connectivity index (χ1v) is 5.59. The molecule has 1 aromatic carbocycles. The predicted octanol–water partition coefficient (Wildman–Crippen LogP) is 2.15. The van der Waals surface area contributed by atoms with E-state index in [4.69, 9.17) is 0 Å². The molecule has 1 atom stereocenters. The van der Waals surface area contributed by atoms with E-state index in [0.29, 0.717) is 0 Å². The molecule has 2 nitrogen and oxygen atoms in total. The molecule has 0 saturated carbocycles. The molecule has 0 spiro atoms. The van der Waals surface area contributed by atoms with Crippen LogP contribution in [0.4, 0.5) is 0 Å². The van der Waals surface area contributed by atoms with Gasteiger partial charge in [-0.2, -0.15) is 0 Å². The van der Waals surface area contributed by atoms with Crippen LogP contribution in [0.3, 0.4) is 0 Å². The van der Waals surface area contributed by atoms with Crippen LogP contribution in [-0.4, -0.2) is 12.5 Å². The molecule has 1 heterocycles. The van der Waals surface area contributed by atoms with Crippen molar-refractivity contribution in [1.29, 1.82) is 0 Å². The number of nitrogens with one attached hydrogen (secondary N) is 1. The average Bonchev–Trinajstić information content (AvgIpc) is 2.62. The first kappa shape index (κ1) is 10.2. The molecule has 15 heavy (non-hydrogen) atoms. The van der Waals surface area contributed by atoms with Crippen LogP contribution in [0.2, 0.25) is 0 Å². The SMILES string of the molecule is CCC1(Cc2ccccc2)CCNC1=O. The molecule has 1 aliphatic heterocycles. The molecule has 2 rings (SSSR count). The summed E-state index contributed by atoms with van der Waals surface area (Å²) >= 11 is 0. The lowest BCUT2D eigenvalue weighted by Crippen LogP contribution is -2.32. The van der Waals surface area contributed by atoms with Gasteiger partial charge in [-0.3, -0.25) is 4.79 Å². The molecule has 1 aliphatic rings. The summed E-state index contributed by atoms with van der Waals surface area (Å²) in [6.07, 6.45) is 2.77. The molecule has 1 aromatic rings. The number of carbonyl (C=O) groups excluding carboxylic acids is 1. The highest BCUT2D eigenvalue weighted by atomic mass is 16.2. The van der Waals surface area contributed by atoms with Gasteiger partial charge in [-0.25, -0.2) is 0 Å². The van der Waals surface area contributed by atoms with Crippen LogP contribution in [-0.2, 0) is 11.2 Å². The Morgan fingerprint density at radius 3 is 2.60 bits per heavy atom. The van der Waals surface area contributed by atoms with Crippen molar-refractivity contribution in [1.82, 2.24) is 5.32 Å². The zero-order valence-electron chi connectivity index (χ0n) is 9.12. The van der Waals surface area contributed by atoms with Gasteiger partial charge in [-0.1, -0.05) is 37.3 Å². The molecule has 1 fully saturated rings. The van der Waals surface area contributed by atoms with Crippen LogP contribution < -0.4 is 5.32 Å². The fraction of sp³-hybridized carbons (Fsp3) is 0.462. The summed E-state index contributed by atoms with van der Waals surface area (Å²) in [6.45, 7) is 2.94. The first-order valence-electron chi connectivity index (χ1n) is 5.59. The second-order valence-electron chi connectivity index (χ2n) is 4.30. The van der Waals surface area contributed by atoms with Crippen LogP contribution in [0.1, 0.15) is 25.3 Å². The zero-order valence-corrected chi connectivity index (χ0v) is 9.12. The monoisotopic (exact) mass is 203 g/mol. The third-order valence-corrected chi connectivity index (χ3v) is 3.43. The first-order chi connectivity index (χ1) is 7.27. The minimum Gasteiger partial charge on any atom is -0.356 e. The molecule has 1 N–H and O–H groups in total. The van der Waals surface area contributed by atoms with Crippen LogP contribution in [0.15, 0.2) is 30.3 Å². The van der Waals surface area contributed by atoms with Gasteiger partial charge in [0.2, 0.25) is 5.91 Å². The van der Waals surface area contributed by atoms with Crippen LogP contribution in [0, 0.1) is 5.41 Å². The van der Waals surface area contributed by atoms with Crippen molar-refractivity contribution in [2.24, 2.45) is 5.41 Å². The fourth-order valence-corrected chi connectivity index (χ4v) is 2.33. The lowest BCUT2D eigenvalue weighted by molar-refractivity contribution is -0.127. The van der Waals surface area contributed by atoms with E-state index < -0.39 is 0 Å². The van der Waals surface area contributed by atoms with Gasteiger partial charge < -0.3 is 5.32 Å². The van der Waals surface area contributed by atoms with Crippen molar-refractivity contribution in [3.05, 3.63) is 35.9 Å². The van der Waals surface area contributed by atoms with E-state index in [0.717, 1.165) is 25.8 Å². The van der Waals surface area contributed by atoms with E-state index in [1.807, 2.05) is 18.2 Å². The lowest BCUT2D eigenvalue weighted by atomic mass is 9.78. The molecule has 80 valence electrons. The number of amides is 1. The number of carbonyl (C=O) groups is 1. The minimum atomic E-state index is -0.151. The fourth-order valence-electron chi connectivity index (χ4n) is 2.33. The third kappa shape index (κ3) is 1.89. The van der Waals surface area contributed by atoms with Crippen molar-refractivity contribution in [2.45, 2.75) is 26.2 Å². The summed E-state index contributed by atoms with van der Waals surface area (Å²) in [5, 5.41) is 2.94. The highest BCUT2D eigenvalue weighted by Gasteiger charge is 2.40. The van der Waals surface area contributed by atoms with E-state index in [9.17, 15) is 4.79 Å². The smallest absolute Gasteiger partial charge is 0.226 e. The summed E-state index contributed by atoms with van der Waals surface area (Å²) in [5.41, 5.74) is 1.11. The number of hydrogen-bond donors (Lipinski definition) is 1. The molecule has 0 aliphatic carbocycles. The quantitative estimate of drug-likeness (QED) is 0.801. The van der Waals surface area contributed by atoms with E-state index in [1.54, 1.807) is 0 Å². The summed E-state index contributed by atoms with van der Waals surface area (Å²) in [7, 11) is 0. The molecule has 1 amide bonds. The largest absolute Gasteiger partial charge is 0.356 e. The van der Waals surface area contributed by atoms with Crippen LogP contribution >= 0.6 is 0 Å². The maximum atomic E-state index is 11.8. The van der Waals surface area contributed by atoms with Gasteiger partial charge in [-0.15, -0.1) is 0 Å². The van der Waals surface area contributed by atoms with Crippen molar-refractivity contribution >= 4 is 5.91 Å². The summed E-state index contributed by atoms with van der Waals surface area (Å²) < 4.78 is 0. The van der Waals surface area contributed by atoms with Crippen molar-refractivity contribution in [3.8, 4) is 0 Å². The molecule has 2 heteroatoms. The van der Waals surface area contributed by atoms with Crippen LogP contribution in [0.25, 0.3) is 0 Å². The van der Waals surface area contributed by atoms with Gasteiger partial charge >= 0.3 is 0 Å². The maximum absolute atomic E-state index is 11.8. The lowest BCUT2D eigenvalue weighted by Gasteiger charge is -2.24. The van der Waals surface area contributed by atoms with Crippen LogP contribution in [0.5, 0.6) is 0 Å². The highest BCUT2D eigenvalue weighted by molar-refractivity contribution is 5.84. The van der Waals surface area contributed by atoms with Gasteiger partial charge in [-0.05, 0) is 24.8 Å². The number of benzene rings is 1. The Morgan fingerprint density at radius 1 is 1.33 bits per heavy atom. The molecule has 0 aromatic heterocycles. The van der Waals surface area contributed by atoms with Gasteiger partial charge in [0.25, 0.3) is 0 Å². The van der Waals surface area contributed by atoms with Gasteiger partial charge in [0.05, 0.1) is 5.41 Å².